The molecule has 7 atom stereocenters. The van der Waals surface area contributed by atoms with Gasteiger partial charge in [0.2, 0.25) is 47.3 Å². The van der Waals surface area contributed by atoms with E-state index < -0.39 is 108 Å². The Morgan fingerprint density at radius 1 is 0.886 bits per heavy atom. The number of carbonyl (C=O) groups excluding carboxylic acids is 8. The number of hydrogen-bond acceptors (Lipinski definition) is 16. The molecule has 5 aromatic rings. The molecule has 2 saturated heterocycles. The number of aliphatic imine (C=N–C) groups is 1. The molecule has 3 aliphatic heterocycles. The Balaban J connectivity index is 1.07. The van der Waals surface area contributed by atoms with Crippen LogP contribution in [0.5, 0.6) is 0 Å². The van der Waals surface area contributed by atoms with E-state index in [9.17, 15) is 43.5 Å². The number of hydrogen-bond donors (Lipinski definition) is 8. The summed E-state index contributed by atoms with van der Waals surface area (Å²) in [6.07, 6.45) is -1.62. The van der Waals surface area contributed by atoms with Gasteiger partial charge in [0.15, 0.2) is 5.82 Å². The number of aliphatic hydroxyl groups excluding tert-OH is 1. The van der Waals surface area contributed by atoms with Crippen LogP contribution in [0, 0.1) is 33.1 Å². The molecule has 8 rings (SSSR count). The fourth-order valence-corrected chi connectivity index (χ4v) is 12.5. The summed E-state index contributed by atoms with van der Waals surface area (Å²) >= 11 is 10.4. The summed E-state index contributed by atoms with van der Waals surface area (Å²) in [7, 11) is 0. The molecule has 2 aromatic carbocycles. The quantitative estimate of drug-likeness (QED) is 0.111. The number of thiophene rings is 1. The first kappa shape index (κ1) is 58.1. The van der Waals surface area contributed by atoms with Crippen molar-refractivity contribution in [3.63, 3.8) is 0 Å². The van der Waals surface area contributed by atoms with Crippen LogP contribution in [0.15, 0.2) is 59.0 Å². The third-order valence-electron chi connectivity index (χ3n) is 13.8. The largest absolute Gasteiger partial charge is 0.391 e. The lowest BCUT2D eigenvalue weighted by Gasteiger charge is -2.35. The Labute approximate surface area is 472 Å². The smallest absolute Gasteiger partial charge is 0.247 e. The number of nitrogens with two attached hydrogens (primary N) is 1. The molecule has 0 radical (unpaired) electrons. The van der Waals surface area contributed by atoms with Crippen molar-refractivity contribution in [3.8, 4) is 15.4 Å². The van der Waals surface area contributed by atoms with Crippen LogP contribution in [0.1, 0.15) is 96.6 Å². The molecule has 1 unspecified atom stereocenters. The molecule has 9 N–H and O–H groups in total. The van der Waals surface area contributed by atoms with Crippen molar-refractivity contribution < 1.29 is 43.5 Å². The topological polar surface area (TPSA) is 314 Å². The second-order valence-corrected chi connectivity index (χ2v) is 24.2. The number of nitrogens with one attached hydrogen (secondary N) is 6. The van der Waals surface area contributed by atoms with Crippen LogP contribution < -0.4 is 37.6 Å². The second-order valence-electron chi connectivity index (χ2n) is 20.6. The van der Waals surface area contributed by atoms with E-state index >= 15 is 0 Å². The number of rotatable bonds is 8. The molecular formula is C53H62ClN13O9S3. The van der Waals surface area contributed by atoms with Crippen LogP contribution in [-0.2, 0) is 38.4 Å². The molecule has 3 aromatic heterocycles. The van der Waals surface area contributed by atoms with Crippen molar-refractivity contribution in [1.29, 1.82) is 0 Å². The van der Waals surface area contributed by atoms with E-state index in [2.05, 4.69) is 47.1 Å². The predicted octanol–water partition coefficient (Wildman–Crippen LogP) is 2.80. The number of benzene rings is 2. The van der Waals surface area contributed by atoms with Crippen molar-refractivity contribution in [2.45, 2.75) is 110 Å². The van der Waals surface area contributed by atoms with Crippen LogP contribution >= 0.6 is 46.0 Å². The average molecular weight is 1160 g/mol. The van der Waals surface area contributed by atoms with Crippen LogP contribution in [0.4, 0.5) is 0 Å². The molecule has 79 heavy (non-hydrogen) atoms. The zero-order valence-electron chi connectivity index (χ0n) is 44.5. The first-order valence-electron chi connectivity index (χ1n) is 25.4. The third kappa shape index (κ3) is 13.3. The van der Waals surface area contributed by atoms with E-state index in [0.29, 0.717) is 27.9 Å². The maximum absolute atomic E-state index is 14.4. The standard InChI is InChI=1S/C53H62ClN13O9S3/c1-25-27(3)79-52-41(25)42(29-12-14-32(54)15-13-29)60-35(47-65-64-28(4)67(47)52)19-38(69)56-20-36-48(73)61-34(46(55)72)16-17-77-23-40(71)62-45(53(5,6)7)51(76)66-22-33(68)18-37(66)49(74)63-43(50(75)57-21-39(70)59-36)30-8-10-31(11-9-30)44-26(2)58-24-78-44/h8-15,24,33-37,43,45,68H,16-23H2,1-7H3,(H2,55,72)(H,56,69)(H,57,75)(H,59,70)(H,61,73)(H,62,71)(H,63,74)/t33-,34-,35+,36-,37+,43?,45-/m1/s1. The number of aryl methyl sites for hydroxylation is 3. The third-order valence-corrected chi connectivity index (χ3v) is 17.3. The van der Waals surface area contributed by atoms with Gasteiger partial charge in [0.05, 0.1) is 46.6 Å². The number of fused-ring (bicyclic) bond motifs is 4. The zero-order chi connectivity index (χ0) is 57.0. The van der Waals surface area contributed by atoms with Gasteiger partial charge in [0, 0.05) is 40.5 Å². The van der Waals surface area contributed by atoms with Gasteiger partial charge >= 0.3 is 0 Å². The van der Waals surface area contributed by atoms with Gasteiger partial charge in [-0.15, -0.1) is 32.9 Å². The number of aliphatic hydroxyl groups is 1. The van der Waals surface area contributed by atoms with E-state index in [1.165, 1.54) is 16.2 Å². The number of aromatic nitrogens is 4. The highest BCUT2D eigenvalue weighted by molar-refractivity contribution is 7.99. The normalized spacial score (nSPS) is 23.0. The molecule has 2 fully saturated rings. The highest BCUT2D eigenvalue weighted by atomic mass is 35.5. The maximum atomic E-state index is 14.4. The van der Waals surface area contributed by atoms with Gasteiger partial charge in [-0.25, -0.2) is 4.98 Å². The summed E-state index contributed by atoms with van der Waals surface area (Å²) in [4.78, 5) is 124. The van der Waals surface area contributed by atoms with Gasteiger partial charge in [-0.05, 0) is 74.1 Å². The number of thiazole rings is 1. The van der Waals surface area contributed by atoms with E-state index in [0.717, 1.165) is 54.5 Å². The van der Waals surface area contributed by atoms with Crippen molar-refractivity contribution in [1.82, 2.24) is 56.5 Å². The second kappa shape index (κ2) is 24.5. The first-order chi connectivity index (χ1) is 37.5. The predicted molar refractivity (Wildman–Crippen MR) is 300 cm³/mol. The summed E-state index contributed by atoms with van der Waals surface area (Å²) < 4.78 is 1.88. The van der Waals surface area contributed by atoms with Crippen molar-refractivity contribution in [3.05, 3.63) is 104 Å². The van der Waals surface area contributed by atoms with E-state index in [1.807, 2.05) is 37.5 Å². The molecular weight excluding hydrogens is 1090 g/mol. The molecule has 418 valence electrons. The van der Waals surface area contributed by atoms with Crippen molar-refractivity contribution >= 4 is 99.0 Å². The monoisotopic (exact) mass is 1160 g/mol. The average Bonchev–Trinajstić information content (AvgIpc) is 4.32. The zero-order valence-corrected chi connectivity index (χ0v) is 47.7. The summed E-state index contributed by atoms with van der Waals surface area (Å²) in [5.41, 5.74) is 11.7. The van der Waals surface area contributed by atoms with E-state index in [1.54, 1.807) is 80.9 Å². The van der Waals surface area contributed by atoms with Gasteiger partial charge in [-0.1, -0.05) is 68.8 Å². The Morgan fingerprint density at radius 3 is 2.27 bits per heavy atom. The summed E-state index contributed by atoms with van der Waals surface area (Å²) in [5, 5.41) is 37.0. The highest BCUT2D eigenvalue weighted by Gasteiger charge is 2.45. The molecule has 0 saturated carbocycles. The molecule has 0 aliphatic carbocycles. The summed E-state index contributed by atoms with van der Waals surface area (Å²) in [6, 6.07) is 6.31. The Hall–Kier alpha value is -7.06. The van der Waals surface area contributed by atoms with Crippen LogP contribution in [-0.4, -0.2) is 144 Å². The van der Waals surface area contributed by atoms with Crippen molar-refractivity contribution in [2.24, 2.45) is 16.1 Å². The molecule has 26 heteroatoms. The van der Waals surface area contributed by atoms with Gasteiger partial charge < -0.3 is 47.6 Å². The Morgan fingerprint density at radius 2 is 1.59 bits per heavy atom. The van der Waals surface area contributed by atoms with Crippen LogP contribution in [0.2, 0.25) is 5.02 Å². The number of carbonyl (C=O) groups is 8. The first-order valence-corrected chi connectivity index (χ1v) is 28.7. The molecule has 3 aliphatic rings. The van der Waals surface area contributed by atoms with Crippen LogP contribution in [0.3, 0.4) is 0 Å². The minimum Gasteiger partial charge on any atom is -0.391 e. The fraction of sp³-hybridized carbons (Fsp3) is 0.434. The van der Waals surface area contributed by atoms with Gasteiger partial charge in [-0.2, -0.15) is 11.8 Å². The Bertz CT molecular complexity index is 3210. The number of nitrogens with zero attached hydrogens (tertiary/aromatic N) is 6. The molecule has 8 amide bonds. The minimum atomic E-state index is -1.55. The Kier molecular flexibility index (Phi) is 18.0. The molecule has 0 bridgehead atoms. The molecule has 0 spiro atoms. The van der Waals surface area contributed by atoms with Gasteiger partial charge in [-0.3, -0.25) is 47.9 Å². The maximum Gasteiger partial charge on any atom is 0.247 e. The van der Waals surface area contributed by atoms with E-state index in [4.69, 9.17) is 22.3 Å². The van der Waals surface area contributed by atoms with Crippen molar-refractivity contribution in [2.75, 3.05) is 31.1 Å². The van der Waals surface area contributed by atoms with Gasteiger partial charge in [0.25, 0.3) is 0 Å². The lowest BCUT2D eigenvalue weighted by Crippen LogP contribution is -2.59. The lowest BCUT2D eigenvalue weighted by molar-refractivity contribution is -0.144. The fourth-order valence-electron chi connectivity index (χ4n) is 9.51. The van der Waals surface area contributed by atoms with Gasteiger partial charge in [0.1, 0.15) is 47.1 Å². The number of primary amides is 1. The summed E-state index contributed by atoms with van der Waals surface area (Å²) in [6.45, 7) is 11.4. The highest BCUT2D eigenvalue weighted by Crippen LogP contribution is 2.40. The summed E-state index contributed by atoms with van der Waals surface area (Å²) in [5.74, 6) is -5.20. The SMILES string of the molecule is Cc1ncsc1-c1ccc(C2NC(=O)[C@@H]3C[C@@H](O)CN3C(=O)[C@H](C(C)(C)C)NC(=O)CSCC[C@H](C(N)=O)NC(=O)[C@@H](CNC(=O)C[C@@H]3N=C(c4ccc(Cl)cc4)c4c(sc(C)c4C)-n4c(C)nnc43)NC(=O)CNC2=O)cc1. The number of halogens is 1. The van der Waals surface area contributed by atoms with Crippen LogP contribution in [0.25, 0.3) is 15.4 Å². The number of amides is 8. The number of thioether (sulfide) groups is 1. The minimum absolute atomic E-state index is 0.0569. The van der Waals surface area contributed by atoms with E-state index in [-0.39, 0.29) is 37.3 Å². The molecule has 6 heterocycles. The molecule has 22 nitrogen and oxygen atoms in total. The lowest BCUT2D eigenvalue weighted by atomic mass is 9.85.